The molecule has 17 nitrogen and oxygen atoms in total. The average Bonchev–Trinajstić information content (AvgIpc) is 0.939. The minimum absolute atomic E-state index is 0.0690. The number of aliphatic hydroxyl groups is 1. The zero-order valence-corrected chi connectivity index (χ0v) is 65.5. The first kappa shape index (κ1) is 97.2. The van der Waals surface area contributed by atoms with Gasteiger partial charge in [0.15, 0.2) is 12.2 Å². The highest BCUT2D eigenvalue weighted by Gasteiger charge is 2.30. The quantitative estimate of drug-likeness (QED) is 0.0169. The van der Waals surface area contributed by atoms with Gasteiger partial charge in [0.1, 0.15) is 19.3 Å². The van der Waals surface area contributed by atoms with E-state index in [9.17, 15) is 43.2 Å². The summed E-state index contributed by atoms with van der Waals surface area (Å²) in [5, 5.41) is 10.6. The van der Waals surface area contributed by atoms with E-state index in [1.165, 1.54) is 64.2 Å². The van der Waals surface area contributed by atoms with E-state index in [2.05, 4.69) is 149 Å². The molecule has 0 saturated carbocycles. The fourth-order valence-electron chi connectivity index (χ4n) is 10.2. The van der Waals surface area contributed by atoms with Crippen LogP contribution in [-0.2, 0) is 65.4 Å². The van der Waals surface area contributed by atoms with E-state index >= 15 is 0 Å². The van der Waals surface area contributed by atoms with Crippen molar-refractivity contribution in [2.45, 2.75) is 329 Å². The molecule has 0 aromatic heterocycles. The number of rotatable bonds is 73. The Kier molecular flexibility index (Phi) is 71.0. The number of hydrogen-bond acceptors (Lipinski definition) is 15. The minimum atomic E-state index is -4.99. The lowest BCUT2D eigenvalue weighted by molar-refractivity contribution is -0.161. The molecule has 5 atom stereocenters. The Morgan fingerprint density at radius 1 is 0.284 bits per heavy atom. The summed E-state index contributed by atoms with van der Waals surface area (Å²) < 4.78 is 68.5. The average molecular weight is 1470 g/mol. The molecule has 0 aromatic rings. The van der Waals surface area contributed by atoms with Gasteiger partial charge in [-0.1, -0.05) is 290 Å². The van der Waals surface area contributed by atoms with E-state index < -0.39 is 97.5 Å². The summed E-state index contributed by atoms with van der Waals surface area (Å²) in [5.41, 5.74) is 0. The molecule has 584 valence electrons. The first-order chi connectivity index (χ1) is 49.7. The molecule has 0 bridgehead atoms. The van der Waals surface area contributed by atoms with E-state index in [-0.39, 0.29) is 25.7 Å². The molecular weight excluding hydrogens is 1330 g/mol. The molecule has 0 aliphatic heterocycles. The molecule has 3 N–H and O–H groups in total. The largest absolute Gasteiger partial charge is 0.472 e. The first-order valence-electron chi connectivity index (χ1n) is 39.4. The number of carbonyl (C=O) groups is 4. The van der Waals surface area contributed by atoms with Crippen LogP contribution < -0.4 is 0 Å². The van der Waals surface area contributed by atoms with Crippen molar-refractivity contribution in [1.82, 2.24) is 0 Å². The second-order valence-electron chi connectivity index (χ2n) is 25.9. The molecule has 0 aliphatic rings. The maximum absolute atomic E-state index is 13.1. The lowest BCUT2D eigenvalue weighted by Gasteiger charge is -2.21. The number of carbonyl (C=O) groups excluding carboxylic acids is 4. The van der Waals surface area contributed by atoms with Gasteiger partial charge in [-0.15, -0.1) is 0 Å². The Labute approximate surface area is 618 Å². The van der Waals surface area contributed by atoms with Crippen molar-refractivity contribution in [3.63, 3.8) is 0 Å². The van der Waals surface area contributed by atoms with Gasteiger partial charge in [-0.25, -0.2) is 9.13 Å². The summed E-state index contributed by atoms with van der Waals surface area (Å²) in [6, 6.07) is 0. The molecule has 0 radical (unpaired) electrons. The highest BCUT2D eigenvalue weighted by atomic mass is 31.2. The number of hydrogen-bond donors (Lipinski definition) is 3. The molecule has 0 saturated heterocycles. The number of aliphatic hydroxyl groups excluding tert-OH is 1. The molecular formula is C83H140O17P2. The summed E-state index contributed by atoms with van der Waals surface area (Å²) >= 11 is 0. The van der Waals surface area contributed by atoms with Crippen molar-refractivity contribution in [3.8, 4) is 0 Å². The second kappa shape index (κ2) is 74.5. The first-order valence-corrected chi connectivity index (χ1v) is 42.4. The smallest absolute Gasteiger partial charge is 0.462 e. The van der Waals surface area contributed by atoms with Crippen LogP contribution in [-0.4, -0.2) is 96.7 Å². The highest BCUT2D eigenvalue weighted by Crippen LogP contribution is 2.45. The molecule has 0 amide bonds. The molecule has 0 aliphatic carbocycles. The lowest BCUT2D eigenvalue weighted by atomic mass is 10.0. The summed E-state index contributed by atoms with van der Waals surface area (Å²) in [4.78, 5) is 73.0. The van der Waals surface area contributed by atoms with Gasteiger partial charge in [0.05, 0.1) is 26.4 Å². The third-order valence-corrected chi connectivity index (χ3v) is 18.0. The van der Waals surface area contributed by atoms with Crippen LogP contribution >= 0.6 is 15.6 Å². The second-order valence-corrected chi connectivity index (χ2v) is 28.8. The summed E-state index contributed by atoms with van der Waals surface area (Å²) in [6.45, 7) is 4.49. The Morgan fingerprint density at radius 2 is 0.539 bits per heavy atom. The molecule has 0 rings (SSSR count). The minimum Gasteiger partial charge on any atom is -0.462 e. The molecule has 0 fully saturated rings. The van der Waals surface area contributed by atoms with Crippen LogP contribution in [0.25, 0.3) is 0 Å². The molecule has 0 spiro atoms. The lowest BCUT2D eigenvalue weighted by Crippen LogP contribution is -2.30. The summed E-state index contributed by atoms with van der Waals surface area (Å²) in [6.07, 6.45) is 83.0. The molecule has 0 heterocycles. The van der Waals surface area contributed by atoms with Gasteiger partial charge in [0.2, 0.25) is 0 Å². The van der Waals surface area contributed by atoms with Gasteiger partial charge in [-0.05, 0) is 128 Å². The van der Waals surface area contributed by atoms with Gasteiger partial charge in [-0.3, -0.25) is 37.3 Å². The van der Waals surface area contributed by atoms with Crippen LogP contribution in [0.2, 0.25) is 0 Å². The number of unbranched alkanes of at least 4 members (excludes halogenated alkanes) is 25. The van der Waals surface area contributed by atoms with Crippen LogP contribution in [0.3, 0.4) is 0 Å². The molecule has 19 heteroatoms. The van der Waals surface area contributed by atoms with Crippen LogP contribution in [0.4, 0.5) is 0 Å². The fourth-order valence-corrected chi connectivity index (χ4v) is 11.7. The van der Waals surface area contributed by atoms with Gasteiger partial charge in [0, 0.05) is 25.7 Å². The number of phosphoric acid groups is 2. The topological polar surface area (TPSA) is 237 Å². The molecule has 102 heavy (non-hydrogen) atoms. The third-order valence-electron chi connectivity index (χ3n) is 16.1. The summed E-state index contributed by atoms with van der Waals surface area (Å²) in [5.74, 6) is -2.28. The van der Waals surface area contributed by atoms with Crippen molar-refractivity contribution in [2.75, 3.05) is 39.6 Å². The van der Waals surface area contributed by atoms with Crippen molar-refractivity contribution in [3.05, 3.63) is 134 Å². The fraction of sp³-hybridized carbons (Fsp3) is 0.687. The van der Waals surface area contributed by atoms with Gasteiger partial charge < -0.3 is 33.8 Å². The summed E-state index contributed by atoms with van der Waals surface area (Å²) in [7, 11) is -9.98. The van der Waals surface area contributed by atoms with Crippen molar-refractivity contribution in [2.24, 2.45) is 0 Å². The van der Waals surface area contributed by atoms with Crippen LogP contribution in [0.15, 0.2) is 134 Å². The number of phosphoric ester groups is 2. The van der Waals surface area contributed by atoms with Crippen molar-refractivity contribution >= 4 is 39.5 Å². The third kappa shape index (κ3) is 73.5. The normalized spacial score (nSPS) is 14.6. The monoisotopic (exact) mass is 1470 g/mol. The zero-order valence-electron chi connectivity index (χ0n) is 63.7. The van der Waals surface area contributed by atoms with E-state index in [0.29, 0.717) is 32.1 Å². The van der Waals surface area contributed by atoms with E-state index in [1.807, 2.05) is 12.2 Å². The predicted octanol–water partition coefficient (Wildman–Crippen LogP) is 22.9. The van der Waals surface area contributed by atoms with Crippen LogP contribution in [0, 0.1) is 0 Å². The number of allylic oxidation sites excluding steroid dienone is 22. The van der Waals surface area contributed by atoms with Gasteiger partial charge >= 0.3 is 39.5 Å². The molecule has 0 aromatic carbocycles. The Bertz CT molecular complexity index is 2460. The SMILES string of the molecule is CC/C=C\C/C=C\C/C=C\C/C=C\C/C=C\CCCC(=O)OCC(COP(=O)(O)OCC(O)COP(=O)(O)OCC(COC(=O)CCCCCC/C=C\C/C=C\C/C=C\C/C=C\CC)OC(=O)CCCCCCC/C=C\C/C=C\CCC)OC(=O)CCCCCCCCCCCCCCCCC. The molecule has 5 unspecified atom stereocenters. The highest BCUT2D eigenvalue weighted by molar-refractivity contribution is 7.47. The number of ether oxygens (including phenoxy) is 4. The Morgan fingerprint density at radius 3 is 0.863 bits per heavy atom. The van der Waals surface area contributed by atoms with Gasteiger partial charge in [0.25, 0.3) is 0 Å². The zero-order chi connectivity index (χ0) is 74.6. The van der Waals surface area contributed by atoms with E-state index in [0.717, 1.165) is 161 Å². The van der Waals surface area contributed by atoms with Crippen molar-refractivity contribution in [1.29, 1.82) is 0 Å². The van der Waals surface area contributed by atoms with E-state index in [4.69, 9.17) is 37.0 Å². The van der Waals surface area contributed by atoms with Crippen LogP contribution in [0.5, 0.6) is 0 Å². The standard InChI is InChI=1S/C83H140O17P2/c1-5-9-13-17-21-25-29-33-36-38-41-44-47-51-55-59-63-67-80(85)93-73-78(99-82(87)69-65-61-57-53-49-43-32-28-24-20-16-12-8-4)75-97-101(89,90)95-71-77(84)72-96-102(91,92)98-76-79(100-83(88)70-66-62-58-54-50-46-40-35-31-27-23-19-15-11-7-3)74-94-81(86)68-64-60-56-52-48-45-42-39-37-34-30-26-22-18-14-10-6-2/h9-10,13-14,16,20-22,25-26,28,32-34,36-37,41-42,44-45,52,56,77-79,84H,5-8,11-12,15,17-19,23-24,27,29-31,35,38-40,43,46-51,53-55,57-76H2,1-4H3,(H,89,90)(H,91,92)/b13-9-,14-10-,20-16-,25-21-,26-22-,32-28-,36-33-,37-34-,44-41-,45-42-,56-52-. The maximum Gasteiger partial charge on any atom is 0.472 e. The Hall–Kier alpha value is -4.80. The van der Waals surface area contributed by atoms with E-state index in [1.54, 1.807) is 0 Å². The van der Waals surface area contributed by atoms with Gasteiger partial charge in [-0.2, -0.15) is 0 Å². The maximum atomic E-state index is 13.1. The Balaban J connectivity index is 5.42. The predicted molar refractivity (Wildman–Crippen MR) is 418 cm³/mol. The van der Waals surface area contributed by atoms with Crippen LogP contribution in [0.1, 0.15) is 310 Å². The number of esters is 4. The van der Waals surface area contributed by atoms with Crippen molar-refractivity contribution < 1.29 is 80.2 Å².